The van der Waals surface area contributed by atoms with Crippen molar-refractivity contribution >= 4 is 0 Å². The average Bonchev–Trinajstić information content (AvgIpc) is 2.00. The van der Waals surface area contributed by atoms with E-state index in [2.05, 4.69) is 0 Å². The molecule has 1 heteroatoms. The van der Waals surface area contributed by atoms with E-state index in [1.54, 1.807) is 0 Å². The van der Waals surface area contributed by atoms with Gasteiger partial charge in [0.2, 0.25) is 0 Å². The van der Waals surface area contributed by atoms with Gasteiger partial charge in [-0.15, -0.1) is 0 Å². The minimum Gasteiger partial charge on any atom is -0.233 e. The lowest BCUT2D eigenvalue weighted by Gasteiger charge is -2.57. The normalized spacial score (nSPS) is 55.4. The zero-order valence-electron chi connectivity index (χ0n) is 8.46. The number of hydrogen-bond donors (Lipinski definition) is 0. The number of rotatable bonds is 1. The highest BCUT2D eigenvalue weighted by Gasteiger charge is 2.53. The third-order valence-corrected chi connectivity index (χ3v) is 4.95. The molecule has 4 fully saturated rings. The monoisotopic (exact) mass is 179 g/mol. The fraction of sp³-hybridized carbons (Fsp3) is 1.00. The molecule has 0 spiro atoms. The summed E-state index contributed by atoms with van der Waals surface area (Å²) >= 11 is 0. The van der Waals surface area contributed by atoms with Gasteiger partial charge in [0.25, 0.3) is 0 Å². The van der Waals surface area contributed by atoms with E-state index in [-0.39, 0.29) is 11.5 Å². The van der Waals surface area contributed by atoms with Gasteiger partial charge >= 0.3 is 0 Å². The third kappa shape index (κ3) is 1.09. The van der Waals surface area contributed by atoms with Crippen LogP contribution in [0.3, 0.4) is 0 Å². The predicted octanol–water partition coefficient (Wildman–Crippen LogP) is 3.02. The molecule has 4 saturated carbocycles. The van der Waals surface area contributed by atoms with E-state index in [9.17, 15) is 5.11 Å². The largest absolute Gasteiger partial charge is 0.233 e. The molecule has 0 aromatic rings. The molecule has 1 nitrogen and oxygen atoms in total. The van der Waals surface area contributed by atoms with E-state index in [1.165, 1.54) is 38.5 Å². The summed E-state index contributed by atoms with van der Waals surface area (Å²) in [6, 6.07) is 0. The van der Waals surface area contributed by atoms with Crippen LogP contribution in [0.5, 0.6) is 0 Å². The molecular formula is C12H19O. The van der Waals surface area contributed by atoms with Gasteiger partial charge in [0.15, 0.2) is 0 Å². The molecule has 0 aromatic heterocycles. The van der Waals surface area contributed by atoms with E-state index in [1.807, 2.05) is 6.92 Å². The Hall–Kier alpha value is -0.0400. The van der Waals surface area contributed by atoms with Crippen molar-refractivity contribution in [1.82, 2.24) is 0 Å². The SMILES string of the molecule is CC([O])C12CC3CC(CC(C3)C1)C2. The molecule has 1 unspecified atom stereocenters. The van der Waals surface area contributed by atoms with Crippen molar-refractivity contribution < 1.29 is 5.11 Å². The summed E-state index contributed by atoms with van der Waals surface area (Å²) in [6.07, 6.45) is 7.85. The molecule has 0 amide bonds. The van der Waals surface area contributed by atoms with Crippen LogP contribution in [0.25, 0.3) is 0 Å². The molecule has 0 saturated heterocycles. The molecule has 73 valence electrons. The minimum absolute atomic E-state index is 0.245. The fourth-order valence-electron chi connectivity index (χ4n) is 4.68. The van der Waals surface area contributed by atoms with Gasteiger partial charge in [-0.25, -0.2) is 5.11 Å². The van der Waals surface area contributed by atoms with Crippen molar-refractivity contribution in [3.63, 3.8) is 0 Å². The smallest absolute Gasteiger partial charge is 0.0958 e. The minimum atomic E-state index is -0.305. The molecule has 1 radical (unpaired) electrons. The molecule has 13 heavy (non-hydrogen) atoms. The Labute approximate surface area is 80.5 Å². The Balaban J connectivity index is 1.91. The van der Waals surface area contributed by atoms with Gasteiger partial charge in [0.1, 0.15) is 0 Å². The molecule has 0 aromatic carbocycles. The summed E-state index contributed by atoms with van der Waals surface area (Å²) in [5.41, 5.74) is 0.245. The molecule has 4 bridgehead atoms. The number of hydrogen-bond acceptors (Lipinski definition) is 0. The summed E-state index contributed by atoms with van der Waals surface area (Å²) in [4.78, 5) is 0. The highest BCUT2D eigenvalue weighted by atomic mass is 16.3. The highest BCUT2D eigenvalue weighted by molar-refractivity contribution is 5.03. The van der Waals surface area contributed by atoms with Gasteiger partial charge in [-0.05, 0) is 63.2 Å². The van der Waals surface area contributed by atoms with Gasteiger partial charge in [-0.1, -0.05) is 0 Å². The molecular weight excluding hydrogens is 160 g/mol. The van der Waals surface area contributed by atoms with Gasteiger partial charge in [0.05, 0.1) is 6.10 Å². The van der Waals surface area contributed by atoms with Gasteiger partial charge in [0, 0.05) is 5.41 Å². The predicted molar refractivity (Wildman–Crippen MR) is 50.8 cm³/mol. The molecule has 4 aliphatic carbocycles. The van der Waals surface area contributed by atoms with Crippen molar-refractivity contribution in [3.05, 3.63) is 0 Å². The summed E-state index contributed by atoms with van der Waals surface area (Å²) in [5, 5.41) is 11.8. The standard InChI is InChI=1S/C12H19O/c1-8(13)12-5-9-2-10(6-12)4-11(3-9)7-12/h8-11H,2-7H2,1H3. The highest BCUT2D eigenvalue weighted by Crippen LogP contribution is 2.61. The van der Waals surface area contributed by atoms with Crippen LogP contribution in [0.2, 0.25) is 0 Å². The van der Waals surface area contributed by atoms with Crippen LogP contribution in [0.15, 0.2) is 0 Å². The molecule has 4 rings (SSSR count). The molecule has 0 N–H and O–H groups in total. The third-order valence-electron chi connectivity index (χ3n) is 4.95. The maximum atomic E-state index is 11.8. The molecule has 1 atom stereocenters. The summed E-state index contributed by atoms with van der Waals surface area (Å²) in [7, 11) is 0. The van der Waals surface area contributed by atoms with Crippen molar-refractivity contribution in [2.75, 3.05) is 0 Å². The fourth-order valence-corrected chi connectivity index (χ4v) is 4.68. The maximum absolute atomic E-state index is 11.8. The quantitative estimate of drug-likeness (QED) is 0.589. The van der Waals surface area contributed by atoms with Crippen LogP contribution in [0.4, 0.5) is 0 Å². The summed E-state index contributed by atoms with van der Waals surface area (Å²) < 4.78 is 0. The lowest BCUT2D eigenvalue weighted by molar-refractivity contribution is -0.133. The van der Waals surface area contributed by atoms with Crippen LogP contribution >= 0.6 is 0 Å². The zero-order chi connectivity index (χ0) is 9.05. The van der Waals surface area contributed by atoms with E-state index in [0.29, 0.717) is 0 Å². The topological polar surface area (TPSA) is 19.9 Å². The Morgan fingerprint density at radius 2 is 1.38 bits per heavy atom. The summed E-state index contributed by atoms with van der Waals surface area (Å²) in [5.74, 6) is 2.80. The first-order chi connectivity index (χ1) is 6.18. The lowest BCUT2D eigenvalue weighted by Crippen LogP contribution is -2.50. The van der Waals surface area contributed by atoms with E-state index in [4.69, 9.17) is 0 Å². The second kappa shape index (κ2) is 2.50. The van der Waals surface area contributed by atoms with Crippen molar-refractivity contribution in [2.45, 2.75) is 51.6 Å². The summed E-state index contributed by atoms with van der Waals surface area (Å²) in [6.45, 7) is 1.91. The van der Waals surface area contributed by atoms with Crippen molar-refractivity contribution in [3.8, 4) is 0 Å². The first-order valence-corrected chi connectivity index (χ1v) is 5.84. The van der Waals surface area contributed by atoms with Crippen molar-refractivity contribution in [2.24, 2.45) is 23.2 Å². The Kier molecular flexibility index (Phi) is 1.59. The first kappa shape index (κ1) is 8.28. The Bertz CT molecular complexity index is 184. The first-order valence-electron chi connectivity index (χ1n) is 5.84. The second-order valence-corrected chi connectivity index (χ2v) is 5.92. The van der Waals surface area contributed by atoms with E-state index >= 15 is 0 Å². The van der Waals surface area contributed by atoms with Crippen molar-refractivity contribution in [1.29, 1.82) is 0 Å². The van der Waals surface area contributed by atoms with Gasteiger partial charge in [-0.2, -0.15) is 0 Å². The molecule has 4 aliphatic rings. The van der Waals surface area contributed by atoms with Crippen LogP contribution in [0.1, 0.15) is 45.4 Å². The second-order valence-electron chi connectivity index (χ2n) is 5.92. The average molecular weight is 179 g/mol. The van der Waals surface area contributed by atoms with Gasteiger partial charge < -0.3 is 0 Å². The van der Waals surface area contributed by atoms with E-state index < -0.39 is 0 Å². The van der Waals surface area contributed by atoms with Crippen LogP contribution in [-0.2, 0) is 5.11 Å². The maximum Gasteiger partial charge on any atom is 0.0958 e. The molecule has 0 heterocycles. The van der Waals surface area contributed by atoms with E-state index in [0.717, 1.165) is 17.8 Å². The zero-order valence-corrected chi connectivity index (χ0v) is 8.46. The Morgan fingerprint density at radius 3 is 1.69 bits per heavy atom. The van der Waals surface area contributed by atoms with Crippen LogP contribution < -0.4 is 0 Å². The Morgan fingerprint density at radius 1 is 1.00 bits per heavy atom. The van der Waals surface area contributed by atoms with Crippen LogP contribution in [0, 0.1) is 23.2 Å². The molecule has 0 aliphatic heterocycles. The van der Waals surface area contributed by atoms with Crippen LogP contribution in [-0.4, -0.2) is 6.10 Å². The lowest BCUT2D eigenvalue weighted by atomic mass is 9.48. The van der Waals surface area contributed by atoms with Gasteiger partial charge in [-0.3, -0.25) is 0 Å².